The van der Waals surface area contributed by atoms with E-state index in [4.69, 9.17) is 5.73 Å². The molecule has 3 nitrogen and oxygen atoms in total. The topological polar surface area (TPSA) is 55.1 Å². The van der Waals surface area contributed by atoms with Crippen LogP contribution in [0.15, 0.2) is 54.6 Å². The van der Waals surface area contributed by atoms with Crippen molar-refractivity contribution in [2.24, 2.45) is 11.7 Å². The van der Waals surface area contributed by atoms with Crippen molar-refractivity contribution >= 4 is 5.91 Å². The van der Waals surface area contributed by atoms with Crippen molar-refractivity contribution in [3.05, 3.63) is 60.2 Å². The van der Waals surface area contributed by atoms with Gasteiger partial charge in [-0.3, -0.25) is 4.79 Å². The molecule has 0 saturated carbocycles. The number of carbonyl (C=O) groups excluding carboxylic acids is 1. The van der Waals surface area contributed by atoms with E-state index in [1.54, 1.807) is 0 Å². The molecular formula is C18H22N2O. The summed E-state index contributed by atoms with van der Waals surface area (Å²) in [4.78, 5) is 12.5. The summed E-state index contributed by atoms with van der Waals surface area (Å²) in [6, 6.07) is 17.6. The van der Waals surface area contributed by atoms with Gasteiger partial charge >= 0.3 is 0 Å². The van der Waals surface area contributed by atoms with E-state index in [-0.39, 0.29) is 11.9 Å². The van der Waals surface area contributed by atoms with Crippen LogP contribution in [0.3, 0.4) is 0 Å². The molecule has 1 atom stereocenters. The Labute approximate surface area is 126 Å². The predicted octanol–water partition coefficient (Wildman–Crippen LogP) is 3.07. The molecular weight excluding hydrogens is 260 g/mol. The van der Waals surface area contributed by atoms with Crippen LogP contribution >= 0.6 is 0 Å². The second-order valence-electron chi connectivity index (χ2n) is 5.47. The summed E-state index contributed by atoms with van der Waals surface area (Å²) in [5.41, 5.74) is 8.40. The molecule has 0 fully saturated rings. The maximum absolute atomic E-state index is 12.5. The molecule has 2 aromatic carbocycles. The van der Waals surface area contributed by atoms with Crippen LogP contribution in [0.4, 0.5) is 0 Å². The quantitative estimate of drug-likeness (QED) is 0.885. The zero-order chi connectivity index (χ0) is 15.2. The molecule has 0 aromatic heterocycles. The highest BCUT2D eigenvalue weighted by molar-refractivity contribution is 6.01. The molecule has 0 spiro atoms. The number of amides is 1. The molecule has 0 aliphatic carbocycles. The molecule has 0 saturated heterocycles. The van der Waals surface area contributed by atoms with E-state index in [1.807, 2.05) is 54.6 Å². The summed E-state index contributed by atoms with van der Waals surface area (Å²) in [6.07, 6.45) is 0. The van der Waals surface area contributed by atoms with Crippen molar-refractivity contribution in [3.8, 4) is 11.1 Å². The summed E-state index contributed by atoms with van der Waals surface area (Å²) < 4.78 is 0. The Morgan fingerprint density at radius 1 is 1.05 bits per heavy atom. The smallest absolute Gasteiger partial charge is 0.252 e. The summed E-state index contributed by atoms with van der Waals surface area (Å²) in [5, 5.41) is 3.03. The number of hydrogen-bond acceptors (Lipinski definition) is 2. The fourth-order valence-electron chi connectivity index (χ4n) is 2.29. The highest BCUT2D eigenvalue weighted by atomic mass is 16.1. The van der Waals surface area contributed by atoms with E-state index in [0.717, 1.165) is 11.1 Å². The van der Waals surface area contributed by atoms with Crippen LogP contribution in [0.2, 0.25) is 0 Å². The Hall–Kier alpha value is -2.13. The maximum atomic E-state index is 12.5. The molecule has 0 bridgehead atoms. The molecule has 0 aliphatic heterocycles. The molecule has 0 aliphatic rings. The largest absolute Gasteiger partial charge is 0.348 e. The Kier molecular flexibility index (Phi) is 5.12. The molecule has 2 aromatic rings. The van der Waals surface area contributed by atoms with Gasteiger partial charge in [0.1, 0.15) is 0 Å². The molecule has 2 rings (SSSR count). The lowest BCUT2D eigenvalue weighted by Gasteiger charge is -2.21. The summed E-state index contributed by atoms with van der Waals surface area (Å²) in [5.74, 6) is 0.237. The number of nitrogens with two attached hydrogens (primary N) is 1. The standard InChI is InChI=1S/C18H22N2O/c1-13(2)17(12-19)20-18(21)16-11-7-6-10-15(16)14-8-4-3-5-9-14/h3-11,13,17H,12,19H2,1-2H3,(H,20,21)/t17-/m0/s1. The van der Waals surface area contributed by atoms with Crippen LogP contribution < -0.4 is 11.1 Å². The highest BCUT2D eigenvalue weighted by Crippen LogP contribution is 2.23. The number of hydrogen-bond donors (Lipinski definition) is 2. The lowest BCUT2D eigenvalue weighted by molar-refractivity contribution is 0.0928. The normalized spacial score (nSPS) is 12.2. The van der Waals surface area contributed by atoms with E-state index < -0.39 is 0 Å². The lowest BCUT2D eigenvalue weighted by Crippen LogP contribution is -2.43. The Morgan fingerprint density at radius 2 is 1.67 bits per heavy atom. The monoisotopic (exact) mass is 282 g/mol. The molecule has 110 valence electrons. The van der Waals surface area contributed by atoms with E-state index in [1.165, 1.54) is 0 Å². The van der Waals surface area contributed by atoms with E-state index in [9.17, 15) is 4.79 Å². The van der Waals surface area contributed by atoms with Crippen LogP contribution in [-0.4, -0.2) is 18.5 Å². The van der Waals surface area contributed by atoms with Crippen molar-refractivity contribution in [1.29, 1.82) is 0 Å². The van der Waals surface area contributed by atoms with Crippen LogP contribution in [0.5, 0.6) is 0 Å². The third kappa shape index (κ3) is 3.70. The number of carbonyl (C=O) groups is 1. The van der Waals surface area contributed by atoms with Gasteiger partial charge in [-0.2, -0.15) is 0 Å². The van der Waals surface area contributed by atoms with Gasteiger partial charge in [-0.15, -0.1) is 0 Å². The highest BCUT2D eigenvalue weighted by Gasteiger charge is 2.18. The van der Waals surface area contributed by atoms with E-state index in [0.29, 0.717) is 18.0 Å². The van der Waals surface area contributed by atoms with E-state index in [2.05, 4.69) is 19.2 Å². The van der Waals surface area contributed by atoms with Crippen molar-refractivity contribution < 1.29 is 4.79 Å². The molecule has 21 heavy (non-hydrogen) atoms. The number of rotatable bonds is 5. The summed E-state index contributed by atoms with van der Waals surface area (Å²) >= 11 is 0. The minimum Gasteiger partial charge on any atom is -0.348 e. The first-order valence-corrected chi connectivity index (χ1v) is 7.29. The van der Waals surface area contributed by atoms with Gasteiger partial charge in [0.15, 0.2) is 0 Å². The van der Waals surface area contributed by atoms with Gasteiger partial charge in [0, 0.05) is 18.2 Å². The molecule has 0 heterocycles. The second kappa shape index (κ2) is 7.04. The van der Waals surface area contributed by atoms with Gasteiger partial charge in [0.25, 0.3) is 5.91 Å². The zero-order valence-corrected chi connectivity index (χ0v) is 12.5. The fraction of sp³-hybridized carbons (Fsp3) is 0.278. The van der Waals surface area contributed by atoms with Gasteiger partial charge in [0.05, 0.1) is 0 Å². The third-order valence-corrected chi connectivity index (χ3v) is 3.63. The van der Waals surface area contributed by atoms with Crippen molar-refractivity contribution in [1.82, 2.24) is 5.32 Å². The van der Waals surface area contributed by atoms with Crippen LogP contribution in [0.25, 0.3) is 11.1 Å². The Balaban J connectivity index is 2.30. The first-order chi connectivity index (χ1) is 10.1. The summed E-state index contributed by atoms with van der Waals surface area (Å²) in [6.45, 7) is 4.55. The first kappa shape index (κ1) is 15.3. The lowest BCUT2D eigenvalue weighted by atomic mass is 9.98. The van der Waals surface area contributed by atoms with Gasteiger partial charge in [-0.25, -0.2) is 0 Å². The van der Waals surface area contributed by atoms with Gasteiger partial charge < -0.3 is 11.1 Å². The second-order valence-corrected chi connectivity index (χ2v) is 5.47. The Bertz CT molecular complexity index is 593. The third-order valence-electron chi connectivity index (χ3n) is 3.63. The van der Waals surface area contributed by atoms with Crippen LogP contribution in [0.1, 0.15) is 24.2 Å². The van der Waals surface area contributed by atoms with Crippen LogP contribution in [0, 0.1) is 5.92 Å². The SMILES string of the molecule is CC(C)[C@H](CN)NC(=O)c1ccccc1-c1ccccc1. The first-order valence-electron chi connectivity index (χ1n) is 7.29. The van der Waals surface area contributed by atoms with Gasteiger partial charge in [-0.05, 0) is 23.1 Å². The Morgan fingerprint density at radius 3 is 2.29 bits per heavy atom. The predicted molar refractivity (Wildman–Crippen MR) is 87.0 cm³/mol. The number of benzene rings is 2. The van der Waals surface area contributed by atoms with E-state index >= 15 is 0 Å². The summed E-state index contributed by atoms with van der Waals surface area (Å²) in [7, 11) is 0. The van der Waals surface area contributed by atoms with Crippen molar-refractivity contribution in [2.45, 2.75) is 19.9 Å². The van der Waals surface area contributed by atoms with Crippen molar-refractivity contribution in [3.63, 3.8) is 0 Å². The average molecular weight is 282 g/mol. The molecule has 3 N–H and O–H groups in total. The fourth-order valence-corrected chi connectivity index (χ4v) is 2.29. The molecule has 0 unspecified atom stereocenters. The van der Waals surface area contributed by atoms with Crippen LogP contribution in [-0.2, 0) is 0 Å². The number of nitrogens with one attached hydrogen (secondary N) is 1. The molecule has 3 heteroatoms. The van der Waals surface area contributed by atoms with Crippen molar-refractivity contribution in [2.75, 3.05) is 6.54 Å². The minimum absolute atomic E-state index is 0.0127. The van der Waals surface area contributed by atoms with Gasteiger partial charge in [-0.1, -0.05) is 62.4 Å². The van der Waals surface area contributed by atoms with Gasteiger partial charge in [0.2, 0.25) is 0 Å². The minimum atomic E-state index is -0.0707. The maximum Gasteiger partial charge on any atom is 0.252 e. The molecule has 1 amide bonds. The zero-order valence-electron chi connectivity index (χ0n) is 12.5. The molecule has 0 radical (unpaired) electrons. The average Bonchev–Trinajstić information content (AvgIpc) is 2.53.